The van der Waals surface area contributed by atoms with Crippen molar-refractivity contribution in [1.82, 2.24) is 4.98 Å². The minimum atomic E-state index is -4.30. The summed E-state index contributed by atoms with van der Waals surface area (Å²) in [6, 6.07) is 5.22. The number of nitrogen functional groups attached to an aromatic ring is 1. The molecule has 0 bridgehead atoms. The van der Waals surface area contributed by atoms with Crippen LogP contribution in [0.15, 0.2) is 24.3 Å². The second-order valence-electron chi connectivity index (χ2n) is 4.89. The summed E-state index contributed by atoms with van der Waals surface area (Å²) >= 11 is 1.39. The van der Waals surface area contributed by atoms with E-state index < -0.39 is 11.7 Å². The molecule has 1 aromatic carbocycles. The molecule has 2 rings (SSSR count). The zero-order valence-corrected chi connectivity index (χ0v) is 12.0. The van der Waals surface area contributed by atoms with Crippen molar-refractivity contribution in [3.8, 4) is 0 Å². The van der Waals surface area contributed by atoms with Gasteiger partial charge in [-0.15, -0.1) is 11.3 Å². The van der Waals surface area contributed by atoms with Crippen LogP contribution < -0.4 is 5.73 Å². The van der Waals surface area contributed by atoms with E-state index in [2.05, 4.69) is 4.98 Å². The molecule has 1 heterocycles. The van der Waals surface area contributed by atoms with Crippen molar-refractivity contribution in [1.29, 1.82) is 0 Å². The third-order valence-corrected chi connectivity index (χ3v) is 3.84. The molecule has 0 fully saturated rings. The highest BCUT2D eigenvalue weighted by atomic mass is 32.1. The average molecular weight is 300 g/mol. The van der Waals surface area contributed by atoms with E-state index in [4.69, 9.17) is 5.73 Å². The number of rotatable bonds is 3. The highest BCUT2D eigenvalue weighted by Gasteiger charge is 2.29. The number of benzene rings is 1. The van der Waals surface area contributed by atoms with Crippen molar-refractivity contribution < 1.29 is 13.2 Å². The van der Waals surface area contributed by atoms with Gasteiger partial charge in [-0.2, -0.15) is 13.2 Å². The smallest absolute Gasteiger partial charge is 0.375 e. The number of aromatic nitrogens is 1. The summed E-state index contributed by atoms with van der Waals surface area (Å²) in [6.07, 6.45) is -3.74. The van der Waals surface area contributed by atoms with Gasteiger partial charge in [-0.1, -0.05) is 26.0 Å². The number of thiazole rings is 1. The Bertz CT molecular complexity index is 585. The summed E-state index contributed by atoms with van der Waals surface area (Å²) in [5.41, 5.74) is 6.83. The molecule has 0 aliphatic heterocycles. The van der Waals surface area contributed by atoms with Crippen LogP contribution in [0.4, 0.5) is 18.3 Å². The molecule has 0 saturated carbocycles. The van der Waals surface area contributed by atoms with Crippen LogP contribution in [0.25, 0.3) is 0 Å². The molecule has 0 unspecified atom stereocenters. The van der Waals surface area contributed by atoms with Gasteiger partial charge in [0, 0.05) is 11.3 Å². The fourth-order valence-electron chi connectivity index (χ4n) is 1.96. The van der Waals surface area contributed by atoms with Crippen LogP contribution >= 0.6 is 11.3 Å². The van der Waals surface area contributed by atoms with E-state index in [9.17, 15) is 13.2 Å². The summed E-state index contributed by atoms with van der Waals surface area (Å²) in [6.45, 7) is 4.04. The maximum Gasteiger partial charge on any atom is 0.416 e. The Morgan fingerprint density at radius 1 is 1.20 bits per heavy atom. The van der Waals surface area contributed by atoms with Gasteiger partial charge in [0.1, 0.15) is 0 Å². The van der Waals surface area contributed by atoms with Gasteiger partial charge in [0.15, 0.2) is 5.13 Å². The standard InChI is InChI=1S/C14H15F3N2S/c1-8(2)12-11(20-13(18)19-12)7-9-3-5-10(6-4-9)14(15,16)17/h3-6,8H,7H2,1-2H3,(H2,18,19). The van der Waals surface area contributed by atoms with Crippen molar-refractivity contribution in [3.05, 3.63) is 46.0 Å². The summed E-state index contributed by atoms with van der Waals surface area (Å²) < 4.78 is 37.5. The SMILES string of the molecule is CC(C)c1nc(N)sc1Cc1ccc(C(F)(F)F)cc1. The molecule has 2 N–H and O–H groups in total. The lowest BCUT2D eigenvalue weighted by Crippen LogP contribution is -2.04. The number of halogens is 3. The first-order valence-corrected chi connectivity index (χ1v) is 7.00. The highest BCUT2D eigenvalue weighted by molar-refractivity contribution is 7.15. The minimum Gasteiger partial charge on any atom is -0.375 e. The molecular weight excluding hydrogens is 285 g/mol. The maximum atomic E-state index is 12.5. The Kier molecular flexibility index (Phi) is 4.04. The molecule has 2 aromatic rings. The molecule has 0 saturated heterocycles. The van der Waals surface area contributed by atoms with Crippen LogP contribution in [-0.2, 0) is 12.6 Å². The van der Waals surface area contributed by atoms with E-state index in [-0.39, 0.29) is 5.92 Å². The summed E-state index contributed by atoms with van der Waals surface area (Å²) in [7, 11) is 0. The monoisotopic (exact) mass is 300 g/mol. The van der Waals surface area contributed by atoms with Crippen molar-refractivity contribution >= 4 is 16.5 Å². The van der Waals surface area contributed by atoms with Gasteiger partial charge < -0.3 is 5.73 Å². The fourth-order valence-corrected chi connectivity index (χ4v) is 2.98. The van der Waals surface area contributed by atoms with Crippen LogP contribution in [0.5, 0.6) is 0 Å². The average Bonchev–Trinajstić information content (AvgIpc) is 2.70. The zero-order chi connectivity index (χ0) is 14.9. The largest absolute Gasteiger partial charge is 0.416 e. The Hall–Kier alpha value is -1.56. The van der Waals surface area contributed by atoms with Gasteiger partial charge in [-0.25, -0.2) is 4.98 Å². The second-order valence-corrected chi connectivity index (χ2v) is 6.00. The Morgan fingerprint density at radius 2 is 1.80 bits per heavy atom. The molecule has 0 aliphatic carbocycles. The third kappa shape index (κ3) is 3.30. The molecule has 0 atom stereocenters. The van der Waals surface area contributed by atoms with Crippen molar-refractivity contribution in [2.45, 2.75) is 32.4 Å². The van der Waals surface area contributed by atoms with E-state index in [0.29, 0.717) is 11.6 Å². The third-order valence-electron chi connectivity index (χ3n) is 2.94. The Morgan fingerprint density at radius 3 is 2.30 bits per heavy atom. The van der Waals surface area contributed by atoms with Gasteiger partial charge in [0.2, 0.25) is 0 Å². The number of hydrogen-bond acceptors (Lipinski definition) is 3. The van der Waals surface area contributed by atoms with E-state index in [1.807, 2.05) is 13.8 Å². The molecule has 0 amide bonds. The van der Waals surface area contributed by atoms with Gasteiger partial charge >= 0.3 is 6.18 Å². The minimum absolute atomic E-state index is 0.244. The van der Waals surface area contributed by atoms with Crippen molar-refractivity contribution in [2.24, 2.45) is 0 Å². The van der Waals surface area contributed by atoms with Crippen molar-refractivity contribution in [2.75, 3.05) is 5.73 Å². The van der Waals surface area contributed by atoms with Crippen molar-refractivity contribution in [3.63, 3.8) is 0 Å². The molecule has 0 aliphatic rings. The molecular formula is C14H15F3N2S. The Balaban J connectivity index is 2.22. The van der Waals surface area contributed by atoms with E-state index in [0.717, 1.165) is 28.3 Å². The Labute approximate surface area is 119 Å². The lowest BCUT2D eigenvalue weighted by atomic mass is 10.0. The molecule has 0 spiro atoms. The molecule has 2 nitrogen and oxygen atoms in total. The van der Waals surface area contributed by atoms with Gasteiger partial charge in [-0.3, -0.25) is 0 Å². The summed E-state index contributed by atoms with van der Waals surface area (Å²) in [5.74, 6) is 0.244. The topological polar surface area (TPSA) is 38.9 Å². The van der Waals surface area contributed by atoms with Gasteiger partial charge in [0.25, 0.3) is 0 Å². The zero-order valence-electron chi connectivity index (χ0n) is 11.2. The molecule has 20 heavy (non-hydrogen) atoms. The number of hydrogen-bond donors (Lipinski definition) is 1. The molecule has 0 radical (unpaired) electrons. The van der Waals surface area contributed by atoms with Gasteiger partial charge in [0.05, 0.1) is 11.3 Å². The lowest BCUT2D eigenvalue weighted by molar-refractivity contribution is -0.137. The fraction of sp³-hybridized carbons (Fsp3) is 0.357. The van der Waals surface area contributed by atoms with E-state index in [1.165, 1.54) is 23.5 Å². The quantitative estimate of drug-likeness (QED) is 0.909. The first kappa shape index (κ1) is 14.8. The first-order chi connectivity index (χ1) is 9.27. The molecule has 1 aromatic heterocycles. The van der Waals surface area contributed by atoms with Crippen LogP contribution in [0, 0.1) is 0 Å². The number of alkyl halides is 3. The predicted octanol–water partition coefficient (Wildman–Crippen LogP) is 4.46. The summed E-state index contributed by atoms with van der Waals surface area (Å²) in [5, 5.41) is 0.496. The van der Waals surface area contributed by atoms with Gasteiger partial charge in [-0.05, 0) is 23.6 Å². The predicted molar refractivity (Wildman–Crippen MR) is 74.9 cm³/mol. The summed E-state index contributed by atoms with van der Waals surface area (Å²) in [4.78, 5) is 5.29. The van der Waals surface area contributed by atoms with Crippen LogP contribution in [-0.4, -0.2) is 4.98 Å². The molecule has 6 heteroatoms. The molecule has 108 valence electrons. The number of anilines is 1. The number of nitrogens with two attached hydrogens (primary N) is 1. The maximum absolute atomic E-state index is 12.5. The number of nitrogens with zero attached hydrogens (tertiary/aromatic N) is 1. The van der Waals surface area contributed by atoms with Crippen LogP contribution in [0.1, 0.15) is 41.5 Å². The normalized spacial score (nSPS) is 12.1. The van der Waals surface area contributed by atoms with Crippen LogP contribution in [0.3, 0.4) is 0 Å². The lowest BCUT2D eigenvalue weighted by Gasteiger charge is -2.08. The van der Waals surface area contributed by atoms with Crippen LogP contribution in [0.2, 0.25) is 0 Å². The highest BCUT2D eigenvalue weighted by Crippen LogP contribution is 2.31. The van der Waals surface area contributed by atoms with E-state index in [1.54, 1.807) is 0 Å². The van der Waals surface area contributed by atoms with E-state index >= 15 is 0 Å². The first-order valence-electron chi connectivity index (χ1n) is 6.18. The second kappa shape index (κ2) is 5.44.